The van der Waals surface area contributed by atoms with Crippen LogP contribution in [-0.2, 0) is 6.42 Å². The quantitative estimate of drug-likeness (QED) is 0.760. The van der Waals surface area contributed by atoms with Gasteiger partial charge in [0.1, 0.15) is 11.6 Å². The highest BCUT2D eigenvalue weighted by Gasteiger charge is 2.12. The summed E-state index contributed by atoms with van der Waals surface area (Å²) in [5, 5.41) is 0. The molecule has 0 aliphatic rings. The Kier molecular flexibility index (Phi) is 3.65. The molecule has 0 fully saturated rings. The summed E-state index contributed by atoms with van der Waals surface area (Å²) in [6.45, 7) is 6.24. The van der Waals surface area contributed by atoms with Crippen molar-refractivity contribution in [3.05, 3.63) is 59.4 Å². The molecular weight excluding hydrogens is 260 g/mol. The Morgan fingerprint density at radius 3 is 2.62 bits per heavy atom. The molecule has 0 bridgehead atoms. The molecule has 0 unspecified atom stereocenters. The monoisotopic (exact) mass is 280 g/mol. The van der Waals surface area contributed by atoms with Crippen LogP contribution >= 0.6 is 0 Å². The molecule has 108 valence electrons. The highest BCUT2D eigenvalue weighted by atomic mass is 16.5. The lowest BCUT2D eigenvalue weighted by Gasteiger charge is -2.12. The lowest BCUT2D eigenvalue weighted by molar-refractivity contribution is 0.218. The van der Waals surface area contributed by atoms with Crippen LogP contribution in [0.5, 0.6) is 5.75 Å². The van der Waals surface area contributed by atoms with Crippen molar-refractivity contribution in [3.8, 4) is 5.75 Å². The highest BCUT2D eigenvalue weighted by molar-refractivity contribution is 5.75. The molecular formula is C18H20N2O. The van der Waals surface area contributed by atoms with E-state index in [1.54, 1.807) is 0 Å². The van der Waals surface area contributed by atoms with E-state index >= 15 is 0 Å². The summed E-state index contributed by atoms with van der Waals surface area (Å²) in [7, 11) is 0. The third-order valence-electron chi connectivity index (χ3n) is 3.69. The molecule has 1 aromatic heterocycles. The number of benzene rings is 2. The van der Waals surface area contributed by atoms with E-state index < -0.39 is 0 Å². The van der Waals surface area contributed by atoms with Crippen LogP contribution in [0.4, 0.5) is 0 Å². The van der Waals surface area contributed by atoms with Gasteiger partial charge in [-0.3, -0.25) is 0 Å². The van der Waals surface area contributed by atoms with E-state index in [1.165, 1.54) is 11.1 Å². The maximum absolute atomic E-state index is 5.97. The summed E-state index contributed by atoms with van der Waals surface area (Å²) in [4.78, 5) is 7.95. The summed E-state index contributed by atoms with van der Waals surface area (Å²) < 4.78 is 5.97. The largest absolute Gasteiger partial charge is 0.483 e. The fourth-order valence-electron chi connectivity index (χ4n) is 2.40. The lowest BCUT2D eigenvalue weighted by atomic mass is 10.2. The summed E-state index contributed by atoms with van der Waals surface area (Å²) in [5.41, 5.74) is 4.57. The summed E-state index contributed by atoms with van der Waals surface area (Å²) in [6, 6.07) is 14.4. The van der Waals surface area contributed by atoms with Gasteiger partial charge in [-0.2, -0.15) is 0 Å². The van der Waals surface area contributed by atoms with E-state index in [-0.39, 0.29) is 6.10 Å². The van der Waals surface area contributed by atoms with Crippen LogP contribution in [0.2, 0.25) is 0 Å². The smallest absolute Gasteiger partial charge is 0.153 e. The molecule has 3 nitrogen and oxygen atoms in total. The molecule has 0 radical (unpaired) electrons. The summed E-state index contributed by atoms with van der Waals surface area (Å²) in [5.74, 6) is 1.73. The maximum atomic E-state index is 5.97. The molecule has 0 spiro atoms. The zero-order chi connectivity index (χ0) is 14.8. The molecule has 0 amide bonds. The Morgan fingerprint density at radius 2 is 1.90 bits per heavy atom. The van der Waals surface area contributed by atoms with Crippen molar-refractivity contribution >= 4 is 11.0 Å². The first-order chi connectivity index (χ1) is 10.2. The van der Waals surface area contributed by atoms with Crippen LogP contribution in [0, 0.1) is 6.92 Å². The second kappa shape index (κ2) is 5.60. The van der Waals surface area contributed by atoms with Crippen molar-refractivity contribution in [3.63, 3.8) is 0 Å². The van der Waals surface area contributed by atoms with Crippen molar-refractivity contribution in [1.29, 1.82) is 0 Å². The molecule has 3 heteroatoms. The van der Waals surface area contributed by atoms with Crippen LogP contribution in [0.1, 0.15) is 36.9 Å². The molecule has 1 N–H and O–H groups in total. The minimum absolute atomic E-state index is 0.106. The third-order valence-corrected chi connectivity index (χ3v) is 3.69. The molecule has 0 aliphatic carbocycles. The van der Waals surface area contributed by atoms with E-state index in [0.717, 1.165) is 29.0 Å². The number of nitrogens with one attached hydrogen (secondary N) is 1. The molecule has 2 aromatic carbocycles. The number of rotatable bonds is 4. The van der Waals surface area contributed by atoms with Gasteiger partial charge >= 0.3 is 0 Å². The second-order valence-corrected chi connectivity index (χ2v) is 5.40. The molecule has 1 heterocycles. The third kappa shape index (κ3) is 2.92. The van der Waals surface area contributed by atoms with Crippen LogP contribution in [0.15, 0.2) is 42.5 Å². The molecule has 1 atom stereocenters. The van der Waals surface area contributed by atoms with Gasteiger partial charge in [0.05, 0.1) is 11.0 Å². The van der Waals surface area contributed by atoms with Gasteiger partial charge in [0.15, 0.2) is 6.10 Å². The number of hydrogen-bond acceptors (Lipinski definition) is 2. The van der Waals surface area contributed by atoms with Crippen molar-refractivity contribution in [1.82, 2.24) is 9.97 Å². The Hall–Kier alpha value is -2.29. The SMILES string of the molecule is CCc1ccc(O[C@@H](C)c2nc3ccc(C)cc3[nH]2)cc1. The molecule has 0 aliphatic heterocycles. The van der Waals surface area contributed by atoms with Crippen LogP contribution < -0.4 is 4.74 Å². The van der Waals surface area contributed by atoms with Gasteiger partial charge in [-0.25, -0.2) is 4.98 Å². The number of ether oxygens (including phenoxy) is 1. The van der Waals surface area contributed by atoms with Gasteiger partial charge in [-0.1, -0.05) is 25.1 Å². The zero-order valence-electron chi connectivity index (χ0n) is 12.7. The fourth-order valence-corrected chi connectivity index (χ4v) is 2.40. The van der Waals surface area contributed by atoms with Crippen LogP contribution in [-0.4, -0.2) is 9.97 Å². The molecule has 21 heavy (non-hydrogen) atoms. The molecule has 3 rings (SSSR count). The molecule has 0 saturated carbocycles. The van der Waals surface area contributed by atoms with Crippen molar-refractivity contribution in [2.75, 3.05) is 0 Å². The van der Waals surface area contributed by atoms with Gasteiger partial charge in [0.25, 0.3) is 0 Å². The minimum Gasteiger partial charge on any atom is -0.483 e. The van der Waals surface area contributed by atoms with Crippen molar-refractivity contribution in [2.45, 2.75) is 33.3 Å². The minimum atomic E-state index is -0.106. The molecule has 0 saturated heterocycles. The maximum Gasteiger partial charge on any atom is 0.153 e. The van der Waals surface area contributed by atoms with Crippen LogP contribution in [0.25, 0.3) is 11.0 Å². The van der Waals surface area contributed by atoms with E-state index in [4.69, 9.17) is 4.74 Å². The van der Waals surface area contributed by atoms with Gasteiger partial charge in [0.2, 0.25) is 0 Å². The Morgan fingerprint density at radius 1 is 1.14 bits per heavy atom. The number of aryl methyl sites for hydroxylation is 2. The Bertz CT molecular complexity index is 744. The van der Waals surface area contributed by atoms with Crippen molar-refractivity contribution in [2.24, 2.45) is 0 Å². The number of H-pyrrole nitrogens is 1. The number of imidazole rings is 1. The number of aromatic amines is 1. The van der Waals surface area contributed by atoms with Crippen molar-refractivity contribution < 1.29 is 4.74 Å². The first kappa shape index (κ1) is 13.7. The van der Waals surface area contributed by atoms with Gasteiger partial charge in [0, 0.05) is 0 Å². The topological polar surface area (TPSA) is 37.9 Å². The van der Waals surface area contributed by atoms with E-state index in [9.17, 15) is 0 Å². The van der Waals surface area contributed by atoms with Gasteiger partial charge in [-0.15, -0.1) is 0 Å². The number of nitrogens with zero attached hydrogens (tertiary/aromatic N) is 1. The van der Waals surface area contributed by atoms with Gasteiger partial charge < -0.3 is 9.72 Å². The lowest BCUT2D eigenvalue weighted by Crippen LogP contribution is -2.05. The number of fused-ring (bicyclic) bond motifs is 1. The van der Waals surface area contributed by atoms with E-state index in [0.29, 0.717) is 0 Å². The van der Waals surface area contributed by atoms with Gasteiger partial charge in [-0.05, 0) is 55.7 Å². The predicted octanol–water partition coefficient (Wildman–Crippen LogP) is 4.57. The second-order valence-electron chi connectivity index (χ2n) is 5.40. The van der Waals surface area contributed by atoms with E-state index in [2.05, 4.69) is 48.1 Å². The Labute approximate surface area is 125 Å². The van der Waals surface area contributed by atoms with E-state index in [1.807, 2.05) is 25.1 Å². The fraction of sp³-hybridized carbons (Fsp3) is 0.278. The average molecular weight is 280 g/mol. The Balaban J connectivity index is 1.80. The van der Waals surface area contributed by atoms with Crippen LogP contribution in [0.3, 0.4) is 0 Å². The normalized spacial score (nSPS) is 12.5. The first-order valence-electron chi connectivity index (χ1n) is 7.37. The number of hydrogen-bond donors (Lipinski definition) is 1. The summed E-state index contributed by atoms with van der Waals surface area (Å²) in [6.07, 6.45) is 0.934. The first-order valence-corrected chi connectivity index (χ1v) is 7.37. The predicted molar refractivity (Wildman–Crippen MR) is 85.7 cm³/mol. The zero-order valence-corrected chi connectivity index (χ0v) is 12.7. The average Bonchev–Trinajstić information content (AvgIpc) is 2.91. The highest BCUT2D eigenvalue weighted by Crippen LogP contribution is 2.23. The molecule has 3 aromatic rings. The summed E-state index contributed by atoms with van der Waals surface area (Å²) >= 11 is 0. The number of aromatic nitrogens is 2. The standard InChI is InChI=1S/C18H20N2O/c1-4-14-6-8-15(9-7-14)21-13(3)18-19-16-10-5-12(2)11-17(16)20-18/h5-11,13H,4H2,1-3H3,(H,19,20)/t13-/m0/s1.